The van der Waals surface area contributed by atoms with Crippen molar-refractivity contribution in [2.24, 2.45) is 0 Å². The highest BCUT2D eigenvalue weighted by molar-refractivity contribution is 7.91. The normalized spacial score (nSPS) is 23.8. The van der Waals surface area contributed by atoms with Crippen molar-refractivity contribution in [3.05, 3.63) is 12.7 Å². The van der Waals surface area contributed by atoms with E-state index in [0.29, 0.717) is 24.4 Å². The first-order chi connectivity index (χ1) is 22.7. The molecule has 1 saturated heterocycles. The first-order valence-electron chi connectivity index (χ1n) is 16.2. The molecule has 282 valence electrons. The summed E-state index contributed by atoms with van der Waals surface area (Å²) in [6.07, 6.45) is -2.80. The molecule has 3 rings (SSSR count). The maximum absolute atomic E-state index is 14.0. The van der Waals surface area contributed by atoms with E-state index in [-0.39, 0.29) is 36.8 Å². The molecular weight excluding hydrogens is 727 g/mol. The fraction of sp³-hybridized carbons (Fsp3) is 0.724. The molecule has 1 amide bonds. The van der Waals surface area contributed by atoms with Crippen molar-refractivity contribution in [2.75, 3.05) is 31.4 Å². The molecule has 0 bridgehead atoms. The van der Waals surface area contributed by atoms with Gasteiger partial charge in [-0.1, -0.05) is 58.9 Å². The van der Waals surface area contributed by atoms with Gasteiger partial charge >= 0.3 is 18.0 Å². The van der Waals surface area contributed by atoms with Crippen LogP contribution in [0, 0.1) is 0 Å². The summed E-state index contributed by atoms with van der Waals surface area (Å²) in [6.45, 7) is 18.1. The number of imidazole rings is 1. The number of rotatable bonds is 15. The second-order valence-corrected chi connectivity index (χ2v) is 35.2. The van der Waals surface area contributed by atoms with Gasteiger partial charge in [-0.3, -0.25) is 9.88 Å². The maximum atomic E-state index is 14.0. The summed E-state index contributed by atoms with van der Waals surface area (Å²) in [5, 5.41) is 38.0. The molecule has 5 atom stereocenters. The summed E-state index contributed by atoms with van der Waals surface area (Å²) in [7, 11) is -9.65. The smallest absolute Gasteiger partial charge is 0.412 e. The number of carbonyl (C=O) groups is 3. The van der Waals surface area contributed by atoms with Crippen LogP contribution in [0.2, 0.25) is 77.1 Å². The van der Waals surface area contributed by atoms with Gasteiger partial charge < -0.3 is 34.3 Å². The summed E-state index contributed by atoms with van der Waals surface area (Å²) in [6, 6.07) is 1.56. The van der Waals surface area contributed by atoms with E-state index in [1.807, 2.05) is 39.3 Å². The largest absolute Gasteiger partial charge is 0.464 e. The number of fused-ring (bicyclic) bond motifs is 1. The van der Waals surface area contributed by atoms with Crippen molar-refractivity contribution >= 4 is 69.1 Å². The summed E-state index contributed by atoms with van der Waals surface area (Å²) in [4.78, 5) is 52.8. The molecule has 1 aliphatic heterocycles. The van der Waals surface area contributed by atoms with Gasteiger partial charge in [-0.05, 0) is 18.1 Å². The standard InChI is InChI=1S/C29H51N5O12SSi3/c1-47(41,42)23(35)20-28(39,25(36)43-11-14-48(2,3)4)29(40,26(37)44-12-15-49(5,6)7)24(46-20)34-18-32-19-21(30-17-31-22(19)34)33-27(38)45-13-16-50(8,9)10/h17-18,20,23-24,35,39-40H,11-16H2,1-10H3,(H,30,31,33,38)/t20-,23?,24-,28+,29-/m1/s1. The molecule has 17 nitrogen and oxygen atoms in total. The molecule has 0 saturated carbocycles. The first kappa shape index (κ1) is 41.6. The van der Waals surface area contributed by atoms with E-state index in [1.165, 1.54) is 0 Å². The van der Waals surface area contributed by atoms with Crippen molar-refractivity contribution in [2.45, 2.75) is 106 Å². The lowest BCUT2D eigenvalue weighted by molar-refractivity contribution is -0.214. The van der Waals surface area contributed by atoms with E-state index in [9.17, 15) is 38.1 Å². The molecule has 3 heterocycles. The molecule has 21 heteroatoms. The highest BCUT2D eigenvalue weighted by Crippen LogP contribution is 2.50. The third-order valence-corrected chi connectivity index (χ3v) is 14.3. The van der Waals surface area contributed by atoms with E-state index < -0.39 is 81.1 Å². The third-order valence-electron chi connectivity index (χ3n) is 8.03. The molecule has 4 N–H and O–H groups in total. The fourth-order valence-corrected chi connectivity index (χ4v) is 7.71. The Morgan fingerprint density at radius 3 is 1.82 bits per heavy atom. The molecule has 2 aromatic rings. The van der Waals surface area contributed by atoms with Gasteiger partial charge in [0.25, 0.3) is 5.60 Å². The number of aromatic nitrogens is 4. The van der Waals surface area contributed by atoms with Crippen LogP contribution in [0.5, 0.6) is 0 Å². The minimum absolute atomic E-state index is 0.0824. The van der Waals surface area contributed by atoms with Crippen LogP contribution in [0.15, 0.2) is 12.7 Å². The third kappa shape index (κ3) is 9.54. The Labute approximate surface area is 295 Å². The van der Waals surface area contributed by atoms with E-state index in [0.717, 1.165) is 17.2 Å². The highest BCUT2D eigenvalue weighted by atomic mass is 32.2. The van der Waals surface area contributed by atoms with Crippen molar-refractivity contribution in [3.63, 3.8) is 0 Å². The summed E-state index contributed by atoms with van der Waals surface area (Å²) < 4.78 is 48.1. The number of carbonyl (C=O) groups excluding carboxylic acids is 3. The summed E-state index contributed by atoms with van der Waals surface area (Å²) in [5.74, 6) is -3.29. The molecular formula is C29H51N5O12SSi3. The Hall–Kier alpha value is -2.80. The van der Waals surface area contributed by atoms with Crippen LogP contribution in [0.3, 0.4) is 0 Å². The predicted molar refractivity (Wildman–Crippen MR) is 191 cm³/mol. The first-order valence-corrected chi connectivity index (χ1v) is 29.2. The summed E-state index contributed by atoms with van der Waals surface area (Å²) in [5.41, 5.74) is -9.85. The molecule has 0 radical (unpaired) electrons. The van der Waals surface area contributed by atoms with Crippen LogP contribution in [0.4, 0.5) is 10.6 Å². The number of sulfone groups is 1. The second-order valence-electron chi connectivity index (χ2n) is 16.2. The topological polar surface area (TPSA) is 239 Å². The Balaban J connectivity index is 2.16. The monoisotopic (exact) mass is 777 g/mol. The van der Waals surface area contributed by atoms with E-state index in [1.54, 1.807) is 0 Å². The number of anilines is 1. The molecule has 1 unspecified atom stereocenters. The number of amides is 1. The Morgan fingerprint density at radius 2 is 1.34 bits per heavy atom. The SMILES string of the molecule is C[Si](C)(C)CCOC(=O)Nc1ncnc2c1ncn2[C@@H]1O[C@H](C(O)S(C)(=O)=O)[C@](O)(C(=O)OCC[Si](C)(C)C)[C@]1(O)C(=O)OCC[Si](C)(C)C. The molecule has 2 aromatic heterocycles. The number of nitrogens with one attached hydrogen (secondary N) is 1. The number of nitrogens with zero attached hydrogens (tertiary/aromatic N) is 4. The zero-order valence-corrected chi connectivity index (χ0v) is 34.2. The van der Waals surface area contributed by atoms with Gasteiger partial charge in [0.1, 0.15) is 12.4 Å². The molecule has 1 fully saturated rings. The van der Waals surface area contributed by atoms with Crippen molar-refractivity contribution in [1.82, 2.24) is 19.5 Å². The quantitative estimate of drug-likeness (QED) is 0.115. The van der Waals surface area contributed by atoms with E-state index >= 15 is 0 Å². The van der Waals surface area contributed by atoms with Crippen LogP contribution in [0.25, 0.3) is 11.2 Å². The van der Waals surface area contributed by atoms with Gasteiger partial charge in [0.05, 0.1) is 26.1 Å². The second kappa shape index (κ2) is 15.0. The fourth-order valence-electron chi connectivity index (χ4n) is 4.85. The molecule has 0 spiro atoms. The zero-order chi connectivity index (χ0) is 38.1. The van der Waals surface area contributed by atoms with Gasteiger partial charge in [-0.25, -0.2) is 37.8 Å². The number of aliphatic hydroxyl groups is 3. The zero-order valence-electron chi connectivity index (χ0n) is 30.3. The van der Waals surface area contributed by atoms with Crippen molar-refractivity contribution < 1.29 is 57.1 Å². The minimum Gasteiger partial charge on any atom is -0.464 e. The maximum Gasteiger partial charge on any atom is 0.412 e. The number of ether oxygens (including phenoxy) is 4. The highest BCUT2D eigenvalue weighted by Gasteiger charge is 2.78. The Morgan fingerprint density at radius 1 is 0.860 bits per heavy atom. The minimum atomic E-state index is -4.52. The van der Waals surface area contributed by atoms with Crippen LogP contribution in [-0.4, -0.2) is 134 Å². The van der Waals surface area contributed by atoms with Gasteiger partial charge in [-0.15, -0.1) is 0 Å². The molecule has 50 heavy (non-hydrogen) atoms. The lowest BCUT2D eigenvalue weighted by Gasteiger charge is -2.37. The van der Waals surface area contributed by atoms with Gasteiger partial charge in [-0.2, -0.15) is 0 Å². The van der Waals surface area contributed by atoms with Gasteiger partial charge in [0.2, 0.25) is 5.60 Å². The molecule has 0 aromatic carbocycles. The van der Waals surface area contributed by atoms with E-state index in [4.69, 9.17) is 18.9 Å². The van der Waals surface area contributed by atoms with Gasteiger partial charge in [0, 0.05) is 30.5 Å². The Bertz CT molecular complexity index is 1670. The van der Waals surface area contributed by atoms with Crippen LogP contribution in [0.1, 0.15) is 6.23 Å². The predicted octanol–water partition coefficient (Wildman–Crippen LogP) is 2.20. The molecule has 1 aliphatic rings. The van der Waals surface area contributed by atoms with Crippen molar-refractivity contribution in [3.8, 4) is 0 Å². The number of hydrogen-bond donors (Lipinski definition) is 4. The average Bonchev–Trinajstić information content (AvgIpc) is 3.48. The average molecular weight is 778 g/mol. The van der Waals surface area contributed by atoms with Crippen LogP contribution < -0.4 is 5.32 Å². The summed E-state index contributed by atoms with van der Waals surface area (Å²) >= 11 is 0. The van der Waals surface area contributed by atoms with Crippen molar-refractivity contribution in [1.29, 1.82) is 0 Å². The van der Waals surface area contributed by atoms with Crippen LogP contribution >= 0.6 is 0 Å². The molecule has 0 aliphatic carbocycles. The number of aliphatic hydroxyl groups excluding tert-OH is 1. The number of esters is 2. The lowest BCUT2D eigenvalue weighted by atomic mass is 9.79. The number of hydrogen-bond acceptors (Lipinski definition) is 15. The van der Waals surface area contributed by atoms with E-state index in [2.05, 4.69) is 39.9 Å². The lowest BCUT2D eigenvalue weighted by Crippen LogP contribution is -2.69. The Kier molecular flexibility index (Phi) is 12.5. The van der Waals surface area contributed by atoms with Crippen LogP contribution in [-0.2, 0) is 38.4 Å². The van der Waals surface area contributed by atoms with Gasteiger partial charge in [0.15, 0.2) is 38.5 Å².